The molecule has 0 saturated carbocycles. The number of ether oxygens (including phenoxy) is 1. The molecule has 150 valence electrons. The van der Waals surface area contributed by atoms with Gasteiger partial charge < -0.3 is 4.74 Å². The average molecular weight is 411 g/mol. The fourth-order valence-corrected chi connectivity index (χ4v) is 3.36. The molecule has 6 heteroatoms. The zero-order valence-corrected chi connectivity index (χ0v) is 17.4. The molecule has 2 aromatic carbocycles. The number of esters is 1. The number of hydrogen-bond acceptors (Lipinski definition) is 4. The van der Waals surface area contributed by atoms with Crippen LogP contribution in [0.15, 0.2) is 60.7 Å². The molecule has 0 bridgehead atoms. The maximum Gasteiger partial charge on any atom is 0.306 e. The van der Waals surface area contributed by atoms with Gasteiger partial charge in [0.2, 0.25) is 0 Å². The number of nitrogens with zero attached hydrogens (tertiary/aromatic N) is 2. The molecule has 0 fully saturated rings. The van der Waals surface area contributed by atoms with Crippen molar-refractivity contribution in [2.24, 2.45) is 0 Å². The van der Waals surface area contributed by atoms with Gasteiger partial charge in [0.15, 0.2) is 0 Å². The molecule has 2 N–H and O–H groups in total. The fraction of sp³-hybridized carbons (Fsp3) is 0.261. The summed E-state index contributed by atoms with van der Waals surface area (Å²) in [5, 5.41) is 5.40. The number of nitrogens with two attached hydrogens (primary N) is 1. The van der Waals surface area contributed by atoms with Gasteiger partial charge in [0, 0.05) is 22.1 Å². The van der Waals surface area contributed by atoms with E-state index in [1.165, 1.54) is 0 Å². The predicted octanol–water partition coefficient (Wildman–Crippen LogP) is 4.32. The highest BCUT2D eigenvalue weighted by atomic mass is 35.5. The van der Waals surface area contributed by atoms with Gasteiger partial charge in [-0.3, -0.25) is 10.5 Å². The number of carbonyl (C=O) groups excluding carboxylic acids is 1. The first kappa shape index (κ1) is 20.8. The maximum atomic E-state index is 12.2. The molecular weight excluding hydrogens is 386 g/mol. The Labute approximate surface area is 176 Å². The molecule has 0 aliphatic heterocycles. The van der Waals surface area contributed by atoms with E-state index in [-0.39, 0.29) is 18.3 Å². The number of rotatable bonds is 7. The molecule has 0 radical (unpaired) electrons. The molecule has 1 heterocycles. The quantitative estimate of drug-likeness (QED) is 0.465. The molecule has 0 amide bonds. The molecular formula is C23H25ClN3O2+. The molecule has 1 unspecified atom stereocenters. The molecule has 3 aromatic rings. The number of halogens is 1. The number of hydrogen-bond donors (Lipinski definition) is 1. The van der Waals surface area contributed by atoms with E-state index >= 15 is 0 Å². The van der Waals surface area contributed by atoms with E-state index < -0.39 is 0 Å². The summed E-state index contributed by atoms with van der Waals surface area (Å²) in [6, 6.07) is 19.4. The minimum atomic E-state index is -0.248. The van der Waals surface area contributed by atoms with Gasteiger partial charge in [0.1, 0.15) is 12.2 Å². The lowest BCUT2D eigenvalue weighted by atomic mass is 9.95. The number of carbonyl (C=O) groups is 1. The first-order valence-electron chi connectivity index (χ1n) is 9.61. The lowest BCUT2D eigenvalue weighted by molar-refractivity contribution is -0.742. The van der Waals surface area contributed by atoms with Gasteiger partial charge in [-0.1, -0.05) is 59.2 Å². The highest BCUT2D eigenvalue weighted by Crippen LogP contribution is 2.24. The van der Waals surface area contributed by atoms with Crippen LogP contribution in [0.1, 0.15) is 30.4 Å². The van der Waals surface area contributed by atoms with Crippen molar-refractivity contribution < 1.29 is 14.2 Å². The Morgan fingerprint density at radius 2 is 1.86 bits per heavy atom. The zero-order chi connectivity index (χ0) is 20.8. The molecule has 29 heavy (non-hydrogen) atoms. The van der Waals surface area contributed by atoms with E-state index in [2.05, 4.69) is 0 Å². The minimum absolute atomic E-state index is 0.142. The van der Waals surface area contributed by atoms with Crippen molar-refractivity contribution in [1.82, 2.24) is 5.10 Å². The molecule has 5 nitrogen and oxygen atoms in total. The summed E-state index contributed by atoms with van der Waals surface area (Å²) >= 11 is 6.04. The first-order chi connectivity index (χ1) is 14.0. The smallest absolute Gasteiger partial charge is 0.306 e. The highest BCUT2D eigenvalue weighted by molar-refractivity contribution is 6.30. The van der Waals surface area contributed by atoms with Gasteiger partial charge in [0.25, 0.3) is 5.82 Å². The van der Waals surface area contributed by atoms with E-state index in [0.29, 0.717) is 24.0 Å². The third kappa shape index (κ3) is 5.33. The Bertz CT molecular complexity index is 975. The monoisotopic (exact) mass is 410 g/mol. The molecule has 0 aliphatic rings. The lowest BCUT2D eigenvalue weighted by Gasteiger charge is -2.16. The van der Waals surface area contributed by atoms with Gasteiger partial charge >= 0.3 is 5.97 Å². The van der Waals surface area contributed by atoms with Crippen molar-refractivity contribution in [3.05, 3.63) is 76.8 Å². The summed E-state index contributed by atoms with van der Waals surface area (Å²) in [5.74, 6) is 0.187. The van der Waals surface area contributed by atoms with Crippen LogP contribution in [0.4, 0.5) is 5.82 Å². The summed E-state index contributed by atoms with van der Waals surface area (Å²) < 4.78 is 6.95. The van der Waals surface area contributed by atoms with E-state index in [4.69, 9.17) is 27.2 Å². The number of aryl methyl sites for hydroxylation is 1. The van der Waals surface area contributed by atoms with Crippen LogP contribution in [-0.2, 0) is 16.1 Å². The number of anilines is 1. The minimum Gasteiger partial charge on any atom is -0.466 e. The molecule has 0 aliphatic carbocycles. The van der Waals surface area contributed by atoms with Crippen LogP contribution in [-0.4, -0.2) is 17.7 Å². The average Bonchev–Trinajstić information content (AvgIpc) is 2.72. The van der Waals surface area contributed by atoms with Crippen LogP contribution in [0.5, 0.6) is 0 Å². The van der Waals surface area contributed by atoms with E-state index in [1.807, 2.05) is 67.6 Å². The SMILES string of the molecule is CCOC(=O)CC(C[n+]1nc(-c2ccccc2)cc(C)c1N)c1ccc(Cl)cc1. The normalized spacial score (nSPS) is 11.8. The fourth-order valence-electron chi connectivity index (χ4n) is 3.24. The maximum absolute atomic E-state index is 12.2. The summed E-state index contributed by atoms with van der Waals surface area (Å²) in [6.07, 6.45) is 0.234. The second-order valence-corrected chi connectivity index (χ2v) is 7.34. The Morgan fingerprint density at radius 1 is 1.17 bits per heavy atom. The lowest BCUT2D eigenvalue weighted by Crippen LogP contribution is -2.44. The Balaban J connectivity index is 1.96. The van der Waals surface area contributed by atoms with Gasteiger partial charge in [0.05, 0.1) is 13.0 Å². The van der Waals surface area contributed by atoms with Crippen LogP contribution >= 0.6 is 11.6 Å². The summed E-state index contributed by atoms with van der Waals surface area (Å²) in [5.41, 5.74) is 10.1. The van der Waals surface area contributed by atoms with Crippen molar-refractivity contribution in [1.29, 1.82) is 0 Å². The van der Waals surface area contributed by atoms with Crippen molar-refractivity contribution in [2.75, 3.05) is 12.3 Å². The van der Waals surface area contributed by atoms with Crippen molar-refractivity contribution in [3.8, 4) is 11.3 Å². The second-order valence-electron chi connectivity index (χ2n) is 6.90. The molecule has 0 saturated heterocycles. The number of benzene rings is 2. The highest BCUT2D eigenvalue weighted by Gasteiger charge is 2.23. The van der Waals surface area contributed by atoms with Crippen LogP contribution < -0.4 is 10.4 Å². The van der Waals surface area contributed by atoms with Gasteiger partial charge in [-0.15, -0.1) is 4.68 Å². The van der Waals surface area contributed by atoms with Crippen LogP contribution in [0.25, 0.3) is 11.3 Å². The van der Waals surface area contributed by atoms with Crippen molar-refractivity contribution in [3.63, 3.8) is 0 Å². The van der Waals surface area contributed by atoms with Crippen LogP contribution in [0, 0.1) is 6.92 Å². The van der Waals surface area contributed by atoms with Gasteiger partial charge in [-0.05, 0) is 37.6 Å². The summed E-state index contributed by atoms with van der Waals surface area (Å²) in [6.45, 7) is 4.56. The molecule has 1 atom stereocenters. The van der Waals surface area contributed by atoms with Gasteiger partial charge in [-0.2, -0.15) is 0 Å². The number of nitrogen functional groups attached to an aromatic ring is 1. The topological polar surface area (TPSA) is 69.1 Å². The largest absolute Gasteiger partial charge is 0.466 e. The number of aromatic nitrogens is 2. The molecule has 1 aromatic heterocycles. The van der Waals surface area contributed by atoms with Crippen molar-refractivity contribution in [2.45, 2.75) is 32.7 Å². The molecule has 0 spiro atoms. The summed E-state index contributed by atoms with van der Waals surface area (Å²) in [4.78, 5) is 12.2. The standard InChI is InChI=1S/C23H24ClN3O2/c1-3-29-22(28)14-19(17-9-11-20(24)12-10-17)15-27-23(25)16(2)13-21(26-27)18-7-5-4-6-8-18/h4-13,19,25H,3,14-15H2,1-2H3/p+1. The predicted molar refractivity (Wildman–Crippen MR) is 114 cm³/mol. The Hall–Kier alpha value is -2.92. The van der Waals surface area contributed by atoms with Crippen LogP contribution in [0.3, 0.4) is 0 Å². The first-order valence-corrected chi connectivity index (χ1v) is 9.99. The van der Waals surface area contributed by atoms with Crippen LogP contribution in [0.2, 0.25) is 5.02 Å². The third-order valence-electron chi connectivity index (χ3n) is 4.79. The Kier molecular flexibility index (Phi) is 6.83. The Morgan fingerprint density at radius 3 is 2.52 bits per heavy atom. The zero-order valence-electron chi connectivity index (χ0n) is 16.6. The van der Waals surface area contributed by atoms with E-state index in [9.17, 15) is 4.79 Å². The summed E-state index contributed by atoms with van der Waals surface area (Å²) in [7, 11) is 0. The molecule has 3 rings (SSSR count). The van der Waals surface area contributed by atoms with Crippen molar-refractivity contribution >= 4 is 23.4 Å². The van der Waals surface area contributed by atoms with E-state index in [0.717, 1.165) is 22.4 Å². The third-order valence-corrected chi connectivity index (χ3v) is 5.04. The second kappa shape index (κ2) is 9.52. The van der Waals surface area contributed by atoms with Gasteiger partial charge in [-0.25, -0.2) is 0 Å². The van der Waals surface area contributed by atoms with E-state index in [1.54, 1.807) is 11.6 Å².